The Kier molecular flexibility index (Phi) is 7.36. The summed E-state index contributed by atoms with van der Waals surface area (Å²) in [6.45, 7) is 25.2. The Morgan fingerprint density at radius 2 is 1.23 bits per heavy atom. The standard InChI is InChI=1S/C16H40O3Si3/c1-15(2,20(5,6)7)19-22(11,14-12-13-17)16(3,4)18-21(8,9)10/h17H,12-14H2,1-11H3. The number of aliphatic hydroxyl groups is 1. The smallest absolute Gasteiger partial charge is 0.219 e. The summed E-state index contributed by atoms with van der Waals surface area (Å²) in [5, 5.41) is 8.99. The summed E-state index contributed by atoms with van der Waals surface area (Å²) < 4.78 is 13.4. The van der Waals surface area contributed by atoms with E-state index in [2.05, 4.69) is 73.5 Å². The van der Waals surface area contributed by atoms with Gasteiger partial charge in [-0.05, 0) is 66.3 Å². The summed E-state index contributed by atoms with van der Waals surface area (Å²) in [5.41, 5.74) is 0. The summed E-state index contributed by atoms with van der Waals surface area (Å²) in [7, 11) is -5.29. The van der Waals surface area contributed by atoms with E-state index in [9.17, 15) is 5.11 Å². The molecular formula is C16H40O3Si3. The van der Waals surface area contributed by atoms with Gasteiger partial charge >= 0.3 is 0 Å². The Morgan fingerprint density at radius 3 is 1.55 bits per heavy atom. The molecule has 0 heterocycles. The molecule has 0 aliphatic carbocycles. The van der Waals surface area contributed by atoms with E-state index in [0.717, 1.165) is 12.5 Å². The number of hydrogen-bond acceptors (Lipinski definition) is 3. The van der Waals surface area contributed by atoms with Crippen LogP contribution in [-0.4, -0.2) is 46.9 Å². The molecule has 0 bridgehead atoms. The maximum absolute atomic E-state index is 9.33. The van der Waals surface area contributed by atoms with E-state index in [1.807, 2.05) is 0 Å². The molecule has 0 saturated heterocycles. The van der Waals surface area contributed by atoms with Crippen LogP contribution in [0, 0.1) is 0 Å². The average molecular weight is 365 g/mol. The highest BCUT2D eigenvalue weighted by Gasteiger charge is 2.52. The van der Waals surface area contributed by atoms with Crippen molar-refractivity contribution >= 4 is 24.7 Å². The van der Waals surface area contributed by atoms with Gasteiger partial charge in [-0.2, -0.15) is 0 Å². The summed E-state index contributed by atoms with van der Waals surface area (Å²) >= 11 is 0. The first-order valence-corrected chi connectivity index (χ1v) is 18.0. The van der Waals surface area contributed by atoms with E-state index in [4.69, 9.17) is 8.85 Å². The molecule has 134 valence electrons. The summed E-state index contributed by atoms with van der Waals surface area (Å²) in [6.07, 6.45) is 0.795. The minimum Gasteiger partial charge on any atom is -0.413 e. The Bertz CT molecular complexity index is 357. The number of aliphatic hydroxyl groups excluding tert-OH is 1. The van der Waals surface area contributed by atoms with E-state index in [1.165, 1.54) is 0 Å². The van der Waals surface area contributed by atoms with E-state index in [0.29, 0.717) is 0 Å². The van der Waals surface area contributed by atoms with Gasteiger partial charge in [0.1, 0.15) is 0 Å². The van der Waals surface area contributed by atoms with Crippen molar-refractivity contribution in [3.05, 3.63) is 0 Å². The molecule has 0 aromatic rings. The van der Waals surface area contributed by atoms with Gasteiger partial charge in [0.05, 0.1) is 13.3 Å². The molecule has 1 atom stereocenters. The minimum absolute atomic E-state index is 0.0938. The molecule has 0 aliphatic rings. The van der Waals surface area contributed by atoms with Gasteiger partial charge in [0.2, 0.25) is 8.32 Å². The lowest BCUT2D eigenvalue weighted by Gasteiger charge is -2.51. The van der Waals surface area contributed by atoms with Crippen LogP contribution >= 0.6 is 0 Å². The highest BCUT2D eigenvalue weighted by atomic mass is 28.4. The molecular weight excluding hydrogens is 324 g/mol. The van der Waals surface area contributed by atoms with Gasteiger partial charge in [-0.3, -0.25) is 0 Å². The first-order chi connectivity index (χ1) is 9.47. The molecule has 0 amide bonds. The fourth-order valence-electron chi connectivity index (χ4n) is 2.48. The van der Waals surface area contributed by atoms with E-state index >= 15 is 0 Å². The number of rotatable bonds is 9. The second kappa shape index (κ2) is 7.19. The molecule has 0 spiro atoms. The normalized spacial score (nSPS) is 17.5. The zero-order valence-electron chi connectivity index (χ0n) is 16.9. The third kappa shape index (κ3) is 6.20. The highest BCUT2D eigenvalue weighted by molar-refractivity contribution is 6.82. The van der Waals surface area contributed by atoms with Crippen molar-refractivity contribution in [3.8, 4) is 0 Å². The molecule has 0 rings (SSSR count). The van der Waals surface area contributed by atoms with Gasteiger partial charge in [0.15, 0.2) is 8.32 Å². The van der Waals surface area contributed by atoms with Crippen molar-refractivity contribution in [2.75, 3.05) is 6.61 Å². The van der Waals surface area contributed by atoms with Crippen LogP contribution < -0.4 is 0 Å². The maximum atomic E-state index is 9.33. The minimum atomic E-state index is -2.17. The predicted octanol–water partition coefficient (Wildman–Crippen LogP) is 4.79. The zero-order chi connectivity index (χ0) is 18.0. The SMILES string of the molecule is CC(C)(O[Si](C)(CCCO)C(C)(C)O[Si](C)(C)C)[Si](C)(C)C. The zero-order valence-corrected chi connectivity index (χ0v) is 19.9. The molecule has 1 N–H and O–H groups in total. The van der Waals surface area contributed by atoms with Crippen molar-refractivity contribution < 1.29 is 14.0 Å². The molecule has 3 nitrogen and oxygen atoms in total. The predicted molar refractivity (Wildman–Crippen MR) is 105 cm³/mol. The molecule has 1 unspecified atom stereocenters. The van der Waals surface area contributed by atoms with Crippen LogP contribution in [0.2, 0.25) is 51.9 Å². The largest absolute Gasteiger partial charge is 0.413 e. The molecule has 0 fully saturated rings. The van der Waals surface area contributed by atoms with E-state index in [-0.39, 0.29) is 17.1 Å². The Hall–Kier alpha value is 0.531. The van der Waals surface area contributed by atoms with Crippen LogP contribution in [0.3, 0.4) is 0 Å². The van der Waals surface area contributed by atoms with E-state index in [1.54, 1.807) is 0 Å². The van der Waals surface area contributed by atoms with Crippen LogP contribution in [0.4, 0.5) is 0 Å². The lowest BCUT2D eigenvalue weighted by molar-refractivity contribution is 0.0956. The Labute approximate surface area is 142 Å². The molecule has 0 aliphatic heterocycles. The second-order valence-corrected chi connectivity index (χ2v) is 24.1. The van der Waals surface area contributed by atoms with Crippen LogP contribution in [0.1, 0.15) is 34.1 Å². The highest BCUT2D eigenvalue weighted by Crippen LogP contribution is 2.38. The van der Waals surface area contributed by atoms with Crippen molar-refractivity contribution in [2.24, 2.45) is 0 Å². The average Bonchev–Trinajstić information content (AvgIpc) is 2.20. The first-order valence-electron chi connectivity index (χ1n) is 8.49. The van der Waals surface area contributed by atoms with E-state index < -0.39 is 24.7 Å². The van der Waals surface area contributed by atoms with Gasteiger partial charge in [0.25, 0.3) is 0 Å². The summed E-state index contributed by atoms with van der Waals surface area (Å²) in [6, 6.07) is 0.939. The van der Waals surface area contributed by atoms with Crippen LogP contribution in [-0.2, 0) is 8.85 Å². The first kappa shape index (κ1) is 22.5. The van der Waals surface area contributed by atoms with Crippen LogP contribution in [0.5, 0.6) is 0 Å². The maximum Gasteiger partial charge on any atom is 0.219 e. The fraction of sp³-hybridized carbons (Fsp3) is 1.00. The van der Waals surface area contributed by atoms with Gasteiger partial charge in [0, 0.05) is 11.8 Å². The lowest BCUT2D eigenvalue weighted by atomic mass is 10.5. The molecule has 0 radical (unpaired) electrons. The number of hydrogen-bond donors (Lipinski definition) is 1. The fourth-order valence-corrected chi connectivity index (χ4v) is 10.6. The molecule has 0 saturated carbocycles. The third-order valence-electron chi connectivity index (χ3n) is 4.93. The molecule has 6 heteroatoms. The third-order valence-corrected chi connectivity index (χ3v) is 15.1. The summed E-state index contributed by atoms with van der Waals surface area (Å²) in [5.74, 6) is 0. The van der Waals surface area contributed by atoms with Crippen molar-refractivity contribution in [1.82, 2.24) is 0 Å². The van der Waals surface area contributed by atoms with Crippen molar-refractivity contribution in [1.29, 1.82) is 0 Å². The summed E-state index contributed by atoms with van der Waals surface area (Å²) in [4.78, 5) is 0. The quantitative estimate of drug-likeness (QED) is 0.598. The monoisotopic (exact) mass is 364 g/mol. The molecule has 22 heavy (non-hydrogen) atoms. The van der Waals surface area contributed by atoms with Crippen LogP contribution in [0.25, 0.3) is 0 Å². The van der Waals surface area contributed by atoms with Crippen LogP contribution in [0.15, 0.2) is 0 Å². The Morgan fingerprint density at radius 1 is 0.773 bits per heavy atom. The van der Waals surface area contributed by atoms with Crippen molar-refractivity contribution in [3.63, 3.8) is 0 Å². The van der Waals surface area contributed by atoms with Gasteiger partial charge < -0.3 is 14.0 Å². The lowest BCUT2D eigenvalue weighted by Crippen LogP contribution is -2.65. The van der Waals surface area contributed by atoms with Gasteiger partial charge in [-0.25, -0.2) is 0 Å². The Balaban J connectivity index is 5.57. The van der Waals surface area contributed by atoms with Gasteiger partial charge in [-0.1, -0.05) is 19.6 Å². The van der Waals surface area contributed by atoms with Gasteiger partial charge in [-0.15, -0.1) is 0 Å². The molecule has 0 aromatic carbocycles. The van der Waals surface area contributed by atoms with Crippen molar-refractivity contribution in [2.45, 2.75) is 96.4 Å². The topological polar surface area (TPSA) is 38.7 Å². The second-order valence-electron chi connectivity index (χ2n) is 9.65. The molecule has 0 aromatic heterocycles.